The Balaban J connectivity index is 0.00000288. The van der Waals surface area contributed by atoms with Crippen molar-refractivity contribution < 1.29 is 9.53 Å². The highest BCUT2D eigenvalue weighted by molar-refractivity contribution is 5.85. The number of unbranched alkanes of at least 4 members (excludes halogenated alkanes) is 1. The Morgan fingerprint density at radius 1 is 1.33 bits per heavy atom. The van der Waals surface area contributed by atoms with Crippen molar-refractivity contribution in [3.63, 3.8) is 0 Å². The van der Waals surface area contributed by atoms with Crippen molar-refractivity contribution in [1.82, 2.24) is 15.2 Å². The van der Waals surface area contributed by atoms with Gasteiger partial charge < -0.3 is 15.0 Å². The Morgan fingerprint density at radius 3 is 2.96 bits per heavy atom. The maximum Gasteiger partial charge on any atom is 0.223 e. The van der Waals surface area contributed by atoms with Gasteiger partial charge in [-0.1, -0.05) is 6.07 Å². The van der Waals surface area contributed by atoms with Crippen molar-refractivity contribution in [2.75, 3.05) is 26.8 Å². The molecule has 1 aliphatic heterocycles. The Morgan fingerprint density at radius 2 is 2.21 bits per heavy atom. The van der Waals surface area contributed by atoms with Crippen LogP contribution >= 0.6 is 12.4 Å². The fraction of sp³-hybridized carbons (Fsp3) is 0.667. The third kappa shape index (κ3) is 7.16. The van der Waals surface area contributed by atoms with Crippen LogP contribution < -0.4 is 5.32 Å². The molecule has 1 amide bonds. The minimum Gasteiger partial charge on any atom is -0.385 e. The largest absolute Gasteiger partial charge is 0.385 e. The summed E-state index contributed by atoms with van der Waals surface area (Å²) in [5.41, 5.74) is 0.968. The van der Waals surface area contributed by atoms with Gasteiger partial charge in [0.05, 0.1) is 12.2 Å². The molecule has 2 rings (SSSR count). The second kappa shape index (κ2) is 12.2. The zero-order chi connectivity index (χ0) is 16.3. The highest BCUT2D eigenvalue weighted by Crippen LogP contribution is 2.18. The van der Waals surface area contributed by atoms with Crippen molar-refractivity contribution in [2.45, 2.75) is 51.1 Å². The molecule has 1 unspecified atom stereocenters. The zero-order valence-electron chi connectivity index (χ0n) is 14.6. The van der Waals surface area contributed by atoms with E-state index in [1.54, 1.807) is 13.3 Å². The Hall–Kier alpha value is -1.17. The molecule has 0 bridgehead atoms. The van der Waals surface area contributed by atoms with Gasteiger partial charge >= 0.3 is 0 Å². The van der Waals surface area contributed by atoms with Gasteiger partial charge in [0.15, 0.2) is 0 Å². The van der Waals surface area contributed by atoms with Crippen LogP contribution in [-0.4, -0.2) is 48.6 Å². The van der Waals surface area contributed by atoms with Gasteiger partial charge in [-0.2, -0.15) is 0 Å². The molecule has 1 aliphatic rings. The van der Waals surface area contributed by atoms with E-state index in [1.165, 1.54) is 0 Å². The first kappa shape index (κ1) is 20.9. The quantitative estimate of drug-likeness (QED) is 0.728. The minimum atomic E-state index is 0. The maximum atomic E-state index is 12.8. The number of ether oxygens (including phenoxy) is 1. The van der Waals surface area contributed by atoms with E-state index in [9.17, 15) is 4.79 Å². The molecule has 6 heteroatoms. The lowest BCUT2D eigenvalue weighted by Gasteiger charge is -2.31. The van der Waals surface area contributed by atoms with E-state index in [1.807, 2.05) is 18.2 Å². The summed E-state index contributed by atoms with van der Waals surface area (Å²) in [7, 11) is 1.70. The van der Waals surface area contributed by atoms with Crippen molar-refractivity contribution in [1.29, 1.82) is 0 Å². The molecular weight excluding hydrogens is 326 g/mol. The summed E-state index contributed by atoms with van der Waals surface area (Å²) in [6, 6.07) is 6.22. The number of hydrogen-bond acceptors (Lipinski definition) is 4. The molecule has 0 spiro atoms. The number of rotatable bonds is 8. The lowest BCUT2D eigenvalue weighted by atomic mass is 10.1. The van der Waals surface area contributed by atoms with Crippen molar-refractivity contribution in [3.05, 3.63) is 30.1 Å². The van der Waals surface area contributed by atoms with Gasteiger partial charge in [-0.25, -0.2) is 0 Å². The van der Waals surface area contributed by atoms with Crippen LogP contribution in [0.1, 0.15) is 44.2 Å². The van der Waals surface area contributed by atoms with Gasteiger partial charge in [0.1, 0.15) is 0 Å². The average Bonchev–Trinajstić information content (AvgIpc) is 2.86. The molecule has 5 nitrogen and oxygen atoms in total. The number of aromatic nitrogens is 1. The van der Waals surface area contributed by atoms with Gasteiger partial charge in [0, 0.05) is 32.4 Å². The number of halogens is 1. The molecule has 1 saturated heterocycles. The molecule has 0 radical (unpaired) electrons. The predicted octanol–water partition coefficient (Wildman–Crippen LogP) is 2.79. The third-order valence-electron chi connectivity index (χ3n) is 4.35. The van der Waals surface area contributed by atoms with Crippen LogP contribution in [0.2, 0.25) is 0 Å². The van der Waals surface area contributed by atoms with Crippen LogP contribution in [0.15, 0.2) is 24.4 Å². The average molecular weight is 356 g/mol. The number of nitrogens with one attached hydrogen (secondary N) is 1. The number of carbonyl (C=O) groups is 1. The number of methoxy groups -OCH3 is 1. The highest BCUT2D eigenvalue weighted by atomic mass is 35.5. The second-order valence-electron chi connectivity index (χ2n) is 6.13. The SMILES string of the molecule is COCCCCC(=O)N(Cc1ccccn1)C1CCCNCC1.Cl. The summed E-state index contributed by atoms with van der Waals surface area (Å²) < 4.78 is 5.07. The van der Waals surface area contributed by atoms with Crippen LogP contribution in [0.4, 0.5) is 0 Å². The van der Waals surface area contributed by atoms with Crippen LogP contribution in [-0.2, 0) is 16.1 Å². The normalized spacial score (nSPS) is 17.6. The van der Waals surface area contributed by atoms with E-state index < -0.39 is 0 Å². The van der Waals surface area contributed by atoms with Crippen LogP contribution in [0.25, 0.3) is 0 Å². The fourth-order valence-corrected chi connectivity index (χ4v) is 3.07. The monoisotopic (exact) mass is 355 g/mol. The maximum absolute atomic E-state index is 12.8. The van der Waals surface area contributed by atoms with Crippen molar-refractivity contribution in [2.24, 2.45) is 0 Å². The number of pyridine rings is 1. The summed E-state index contributed by atoms with van der Waals surface area (Å²) in [6.45, 7) is 3.38. The van der Waals surface area contributed by atoms with E-state index in [0.29, 0.717) is 19.0 Å². The van der Waals surface area contributed by atoms with Gasteiger partial charge in [-0.05, 0) is 57.3 Å². The number of amides is 1. The van der Waals surface area contributed by atoms with Crippen LogP contribution in [0, 0.1) is 0 Å². The second-order valence-corrected chi connectivity index (χ2v) is 6.13. The zero-order valence-corrected chi connectivity index (χ0v) is 15.4. The molecule has 1 aromatic rings. The molecular formula is C18H30ClN3O2. The molecule has 1 N–H and O–H groups in total. The predicted molar refractivity (Wildman–Crippen MR) is 98.3 cm³/mol. The fourth-order valence-electron chi connectivity index (χ4n) is 3.07. The van der Waals surface area contributed by atoms with E-state index >= 15 is 0 Å². The lowest BCUT2D eigenvalue weighted by molar-refractivity contribution is -0.134. The third-order valence-corrected chi connectivity index (χ3v) is 4.35. The van der Waals surface area contributed by atoms with Crippen LogP contribution in [0.3, 0.4) is 0 Å². The van der Waals surface area contributed by atoms with E-state index in [-0.39, 0.29) is 18.3 Å². The van der Waals surface area contributed by atoms with Crippen LogP contribution in [0.5, 0.6) is 0 Å². The first-order chi connectivity index (χ1) is 11.3. The molecule has 0 aromatic carbocycles. The molecule has 24 heavy (non-hydrogen) atoms. The smallest absolute Gasteiger partial charge is 0.223 e. The molecule has 1 aromatic heterocycles. The van der Waals surface area contributed by atoms with E-state index in [0.717, 1.165) is 57.5 Å². The molecule has 0 aliphatic carbocycles. The topological polar surface area (TPSA) is 54.5 Å². The number of carbonyl (C=O) groups excluding carboxylic acids is 1. The molecule has 1 fully saturated rings. The molecule has 136 valence electrons. The Bertz CT molecular complexity index is 451. The lowest BCUT2D eigenvalue weighted by Crippen LogP contribution is -2.40. The first-order valence-corrected chi connectivity index (χ1v) is 8.70. The summed E-state index contributed by atoms with van der Waals surface area (Å²) in [6.07, 6.45) is 7.44. The first-order valence-electron chi connectivity index (χ1n) is 8.70. The number of nitrogens with zero attached hydrogens (tertiary/aromatic N) is 2. The molecule has 1 atom stereocenters. The Kier molecular flexibility index (Phi) is 10.6. The van der Waals surface area contributed by atoms with Gasteiger partial charge in [0.2, 0.25) is 5.91 Å². The summed E-state index contributed by atoms with van der Waals surface area (Å²) in [5.74, 6) is 0.249. The van der Waals surface area contributed by atoms with E-state index in [4.69, 9.17) is 4.74 Å². The molecule has 0 saturated carbocycles. The van der Waals surface area contributed by atoms with Crippen molar-refractivity contribution >= 4 is 18.3 Å². The summed E-state index contributed by atoms with van der Waals surface area (Å²) >= 11 is 0. The highest BCUT2D eigenvalue weighted by Gasteiger charge is 2.24. The van der Waals surface area contributed by atoms with Gasteiger partial charge in [-0.3, -0.25) is 9.78 Å². The summed E-state index contributed by atoms with van der Waals surface area (Å²) in [4.78, 5) is 19.2. The number of hydrogen-bond donors (Lipinski definition) is 1. The van der Waals surface area contributed by atoms with Crippen molar-refractivity contribution in [3.8, 4) is 0 Å². The van der Waals surface area contributed by atoms with E-state index in [2.05, 4.69) is 15.2 Å². The van der Waals surface area contributed by atoms with Gasteiger partial charge in [-0.15, -0.1) is 12.4 Å². The summed E-state index contributed by atoms with van der Waals surface area (Å²) in [5, 5.41) is 3.42. The standard InChI is InChI=1S/C18H29N3O2.ClH/c1-23-14-5-3-9-18(22)21(15-16-7-2-4-12-20-16)17-8-6-11-19-13-10-17;/h2,4,7,12,17,19H,3,5-6,8-11,13-15H2,1H3;1H. The Labute approximate surface area is 151 Å². The minimum absolute atomic E-state index is 0. The van der Waals surface area contributed by atoms with Gasteiger partial charge in [0.25, 0.3) is 0 Å². The molecule has 2 heterocycles.